The largest absolute Gasteiger partial charge is 0.497 e. The van der Waals surface area contributed by atoms with Gasteiger partial charge >= 0.3 is 5.97 Å². The summed E-state index contributed by atoms with van der Waals surface area (Å²) >= 11 is 0. The van der Waals surface area contributed by atoms with Gasteiger partial charge in [0.05, 0.1) is 33.1 Å². The number of likely N-dealkylation sites (N-methyl/N-ethyl adjacent to an activating group) is 1. The number of rotatable bonds is 14. The van der Waals surface area contributed by atoms with Crippen LogP contribution in [0.4, 0.5) is 10.2 Å². The van der Waals surface area contributed by atoms with Crippen molar-refractivity contribution in [1.29, 1.82) is 0 Å². The van der Waals surface area contributed by atoms with Crippen LogP contribution >= 0.6 is 0 Å². The zero-order chi connectivity index (χ0) is 36.3. The van der Waals surface area contributed by atoms with E-state index in [4.69, 9.17) is 18.9 Å². The van der Waals surface area contributed by atoms with E-state index in [1.807, 2.05) is 13.8 Å². The Kier molecular flexibility index (Phi) is 10.7. The van der Waals surface area contributed by atoms with E-state index < -0.39 is 33.1 Å². The molecule has 2 aromatic heterocycles. The third kappa shape index (κ3) is 7.11. The molecule has 0 fully saturated rings. The molecule has 1 aliphatic heterocycles. The van der Waals surface area contributed by atoms with Gasteiger partial charge in [-0.1, -0.05) is 18.2 Å². The summed E-state index contributed by atoms with van der Waals surface area (Å²) in [5.41, 5.74) is 0.736. The Bertz CT molecular complexity index is 2080. The van der Waals surface area contributed by atoms with E-state index in [-0.39, 0.29) is 72.0 Å². The molecule has 2 aromatic carbocycles. The highest BCUT2D eigenvalue weighted by Gasteiger charge is 2.39. The number of methoxy groups -OCH3 is 2. The number of halogens is 1. The van der Waals surface area contributed by atoms with Crippen molar-refractivity contribution < 1.29 is 41.3 Å². The predicted molar refractivity (Wildman–Crippen MR) is 183 cm³/mol. The molecule has 16 heteroatoms. The first-order chi connectivity index (χ1) is 23.8. The molecule has 50 heavy (non-hydrogen) atoms. The van der Waals surface area contributed by atoms with Gasteiger partial charge in [0.1, 0.15) is 34.8 Å². The Balaban J connectivity index is 1.65. The molecule has 0 aliphatic carbocycles. The number of hydrogen-bond donors (Lipinski definition) is 0. The average Bonchev–Trinajstić information content (AvgIpc) is 3.46. The zero-order valence-electron chi connectivity index (χ0n) is 28.8. The van der Waals surface area contributed by atoms with Crippen molar-refractivity contribution in [2.45, 2.75) is 46.4 Å². The number of amides is 1. The molecule has 268 valence electrons. The van der Waals surface area contributed by atoms with Crippen molar-refractivity contribution in [2.75, 3.05) is 51.0 Å². The van der Waals surface area contributed by atoms with Crippen LogP contribution in [0, 0.1) is 5.82 Å². The molecule has 0 saturated carbocycles. The lowest BCUT2D eigenvalue weighted by Crippen LogP contribution is -2.42. The molecule has 1 amide bonds. The summed E-state index contributed by atoms with van der Waals surface area (Å²) in [6, 6.07) is 10.6. The first kappa shape index (κ1) is 36.2. The van der Waals surface area contributed by atoms with E-state index in [0.29, 0.717) is 24.4 Å². The number of hydrogen-bond acceptors (Lipinski definition) is 10. The van der Waals surface area contributed by atoms with Crippen molar-refractivity contribution in [3.8, 4) is 17.2 Å². The van der Waals surface area contributed by atoms with Gasteiger partial charge in [0.2, 0.25) is 10.0 Å². The Labute approximate surface area is 288 Å². The highest BCUT2D eigenvalue weighted by molar-refractivity contribution is 7.92. The number of fused-ring (bicyclic) bond motifs is 3. The minimum atomic E-state index is -4.10. The van der Waals surface area contributed by atoms with Crippen LogP contribution in [0.3, 0.4) is 0 Å². The zero-order valence-corrected chi connectivity index (χ0v) is 29.6. The second kappa shape index (κ2) is 14.8. The molecular formula is C34H40FN5O9S. The van der Waals surface area contributed by atoms with Gasteiger partial charge < -0.3 is 28.4 Å². The minimum Gasteiger partial charge on any atom is -0.497 e. The van der Waals surface area contributed by atoms with Crippen LogP contribution in [0.25, 0.3) is 10.9 Å². The third-order valence-corrected chi connectivity index (χ3v) is 10.3. The number of benzene rings is 2. The number of ether oxygens (including phenoxy) is 4. The molecule has 0 unspecified atom stereocenters. The fourth-order valence-electron chi connectivity index (χ4n) is 5.95. The molecule has 14 nitrogen and oxygen atoms in total. The standard InChI is InChI=1S/C34H40FN5O9S/c1-7-38-18-21(2)40-29-28(31(47-6)30(40)34(38)43)33(42)39(36-32(29)37(4)50(44,45)16-8-15-48-22(3)41)19-24-11-12-25(35)17-27(24)49-20-23-9-13-26(46-5)14-10-23/h9-14,17,21H,7-8,15-16,18-20H2,1-6H3/t21-/m0/s1. The van der Waals surface area contributed by atoms with E-state index in [1.165, 1.54) is 39.3 Å². The van der Waals surface area contributed by atoms with Gasteiger partial charge in [0, 0.05) is 44.7 Å². The molecule has 1 atom stereocenters. The maximum atomic E-state index is 14.5. The molecular weight excluding hydrogens is 673 g/mol. The van der Waals surface area contributed by atoms with Gasteiger partial charge in [-0.05, 0) is 44.0 Å². The fraction of sp³-hybridized carbons (Fsp3) is 0.412. The van der Waals surface area contributed by atoms with Gasteiger partial charge in [-0.15, -0.1) is 5.10 Å². The number of sulfonamides is 1. The van der Waals surface area contributed by atoms with Gasteiger partial charge in [-0.3, -0.25) is 18.7 Å². The summed E-state index contributed by atoms with van der Waals surface area (Å²) in [5.74, 6) is -1.20. The van der Waals surface area contributed by atoms with Crippen molar-refractivity contribution >= 4 is 38.6 Å². The Morgan fingerprint density at radius 2 is 1.82 bits per heavy atom. The van der Waals surface area contributed by atoms with Crippen molar-refractivity contribution in [2.24, 2.45) is 0 Å². The number of anilines is 1. The number of carbonyl (C=O) groups is 2. The highest BCUT2D eigenvalue weighted by atomic mass is 32.2. The normalized spacial score (nSPS) is 14.4. The quantitative estimate of drug-likeness (QED) is 0.140. The Morgan fingerprint density at radius 1 is 1.10 bits per heavy atom. The number of nitrogens with zero attached hydrogens (tertiary/aromatic N) is 5. The molecule has 1 aliphatic rings. The average molecular weight is 714 g/mol. The molecule has 0 radical (unpaired) electrons. The van der Waals surface area contributed by atoms with Crippen LogP contribution in [0.5, 0.6) is 17.2 Å². The molecule has 0 bridgehead atoms. The van der Waals surface area contributed by atoms with Crippen LogP contribution in [0.2, 0.25) is 0 Å². The minimum absolute atomic E-state index is 0.00635. The van der Waals surface area contributed by atoms with Crippen molar-refractivity contribution in [1.82, 2.24) is 19.2 Å². The maximum absolute atomic E-state index is 14.5. The van der Waals surface area contributed by atoms with Crippen LogP contribution in [0.1, 0.15) is 54.8 Å². The topological polar surface area (TPSA) is 152 Å². The number of esters is 1. The number of carbonyl (C=O) groups excluding carboxylic acids is 2. The van der Waals surface area contributed by atoms with Crippen LogP contribution in [0.15, 0.2) is 47.3 Å². The van der Waals surface area contributed by atoms with E-state index in [2.05, 4.69) is 5.10 Å². The summed E-state index contributed by atoms with van der Waals surface area (Å²) < 4.78 is 67.3. The molecule has 0 spiro atoms. The van der Waals surface area contributed by atoms with Gasteiger partial charge in [0.15, 0.2) is 17.3 Å². The van der Waals surface area contributed by atoms with Gasteiger partial charge in [0.25, 0.3) is 11.5 Å². The highest BCUT2D eigenvalue weighted by Crippen LogP contribution is 2.41. The van der Waals surface area contributed by atoms with Crippen LogP contribution in [-0.2, 0) is 32.7 Å². The van der Waals surface area contributed by atoms with E-state index >= 15 is 0 Å². The van der Waals surface area contributed by atoms with E-state index in [1.54, 1.807) is 40.8 Å². The predicted octanol–water partition coefficient (Wildman–Crippen LogP) is 3.74. The monoisotopic (exact) mass is 713 g/mol. The second-order valence-corrected chi connectivity index (χ2v) is 13.9. The van der Waals surface area contributed by atoms with Crippen LogP contribution < -0.4 is 24.1 Å². The molecule has 0 N–H and O–H groups in total. The van der Waals surface area contributed by atoms with Crippen molar-refractivity contribution in [3.63, 3.8) is 0 Å². The smallest absolute Gasteiger partial charge is 0.302 e. The van der Waals surface area contributed by atoms with E-state index in [9.17, 15) is 27.2 Å². The summed E-state index contributed by atoms with van der Waals surface area (Å²) in [5, 5.41) is 4.54. The molecule has 5 rings (SSSR count). The SMILES string of the molecule is CCN1C[C@H](C)n2c(c(OC)c3c(=O)n(Cc4ccc(F)cc4OCc4ccc(OC)cc4)nc(N(C)S(=O)(=O)CCCOC(C)=O)c32)C1=O. The second-order valence-electron chi connectivity index (χ2n) is 11.8. The lowest BCUT2D eigenvalue weighted by atomic mass is 10.2. The molecule has 3 heterocycles. The summed E-state index contributed by atoms with van der Waals surface area (Å²) in [4.78, 5) is 40.9. The summed E-state index contributed by atoms with van der Waals surface area (Å²) in [7, 11) is 0.0936. The summed E-state index contributed by atoms with van der Waals surface area (Å²) in [6.45, 7) is 5.36. The lowest BCUT2D eigenvalue weighted by molar-refractivity contribution is -0.140. The molecule has 0 saturated heterocycles. The first-order valence-corrected chi connectivity index (χ1v) is 17.6. The van der Waals surface area contributed by atoms with Crippen LogP contribution in [-0.4, -0.2) is 86.3 Å². The fourth-order valence-corrected chi connectivity index (χ4v) is 7.09. The number of aromatic nitrogens is 3. The summed E-state index contributed by atoms with van der Waals surface area (Å²) in [6.07, 6.45) is 0.00937. The van der Waals surface area contributed by atoms with E-state index in [0.717, 1.165) is 14.6 Å². The van der Waals surface area contributed by atoms with Gasteiger partial charge in [-0.25, -0.2) is 17.5 Å². The first-order valence-electron chi connectivity index (χ1n) is 16.0. The molecule has 4 aromatic rings. The lowest BCUT2D eigenvalue weighted by Gasteiger charge is -2.33. The third-order valence-electron chi connectivity index (χ3n) is 8.51. The van der Waals surface area contributed by atoms with Gasteiger partial charge in [-0.2, -0.15) is 0 Å². The Hall–Kier alpha value is -5.12. The maximum Gasteiger partial charge on any atom is 0.302 e. The Morgan fingerprint density at radius 3 is 2.46 bits per heavy atom. The van der Waals surface area contributed by atoms with Crippen molar-refractivity contribution in [3.05, 3.63) is 75.5 Å².